The normalized spacial score (nSPS) is 13.9. The zero-order valence-electron chi connectivity index (χ0n) is 21.9. The molecule has 1 aromatic heterocycles. The lowest BCUT2D eigenvalue weighted by Crippen LogP contribution is -2.57. The predicted octanol–water partition coefficient (Wildman–Crippen LogP) is 3.83. The molecule has 9 heteroatoms. The zero-order chi connectivity index (χ0) is 27.6. The number of aromatic nitrogens is 2. The Bertz CT molecular complexity index is 1580. The van der Waals surface area contributed by atoms with Crippen LogP contribution in [0.1, 0.15) is 35.5 Å². The summed E-state index contributed by atoms with van der Waals surface area (Å²) < 4.78 is 14.8. The van der Waals surface area contributed by atoms with Crippen LogP contribution in [0.5, 0.6) is 0 Å². The first-order chi connectivity index (χ1) is 18.7. The Morgan fingerprint density at radius 2 is 1.56 bits per heavy atom. The number of carbonyl (C=O) groups excluding carboxylic acids is 2. The Hall–Kier alpha value is -4.53. The Labute approximate surface area is 225 Å². The highest BCUT2D eigenvalue weighted by atomic mass is 19.1. The number of anilines is 1. The average Bonchev–Trinajstić information content (AvgIpc) is 2.95. The number of hydrogen-bond donors (Lipinski definition) is 2. The molecule has 4 aromatic rings. The van der Waals surface area contributed by atoms with E-state index in [1.807, 2.05) is 56.3 Å². The highest BCUT2D eigenvalue weighted by Gasteiger charge is 2.35. The standard InChI is InChI=1S/C30H30FN5O3/c1-30(2,32-21-8-4-3-5-9-21)29(39)36-16-14-35(15-17-36)28(38)24-18-20(12-13-25(24)31)19-26-22-10-6-7-11-23(22)27(37)34-33-26/h3-13,18,32H,14-17,19H2,1-2H3,(H,34,37). The fraction of sp³-hybridized carbons (Fsp3) is 0.267. The van der Waals surface area contributed by atoms with Crippen molar-refractivity contribution in [3.05, 3.63) is 106 Å². The molecule has 0 unspecified atom stereocenters. The molecule has 1 saturated heterocycles. The van der Waals surface area contributed by atoms with Crippen molar-refractivity contribution in [1.82, 2.24) is 20.0 Å². The minimum Gasteiger partial charge on any atom is -0.372 e. The fourth-order valence-electron chi connectivity index (χ4n) is 4.96. The molecule has 0 spiro atoms. The molecule has 2 N–H and O–H groups in total. The van der Waals surface area contributed by atoms with Gasteiger partial charge in [0.15, 0.2) is 0 Å². The molecule has 3 aromatic carbocycles. The van der Waals surface area contributed by atoms with E-state index in [0.717, 1.165) is 5.69 Å². The maximum atomic E-state index is 14.8. The van der Waals surface area contributed by atoms with E-state index in [4.69, 9.17) is 0 Å². The highest BCUT2D eigenvalue weighted by Crippen LogP contribution is 2.22. The van der Waals surface area contributed by atoms with E-state index in [-0.39, 0.29) is 17.0 Å². The van der Waals surface area contributed by atoms with Crippen molar-refractivity contribution in [1.29, 1.82) is 0 Å². The molecule has 0 radical (unpaired) electrons. The minimum atomic E-state index is -0.825. The van der Waals surface area contributed by atoms with Crippen LogP contribution in [0.25, 0.3) is 10.8 Å². The zero-order valence-corrected chi connectivity index (χ0v) is 21.9. The number of hydrogen-bond acceptors (Lipinski definition) is 5. The summed E-state index contributed by atoms with van der Waals surface area (Å²) in [5, 5.41) is 11.2. The molecule has 1 fully saturated rings. The number of halogens is 1. The second kappa shape index (κ2) is 10.7. The molecule has 0 bridgehead atoms. The van der Waals surface area contributed by atoms with E-state index in [0.29, 0.717) is 54.6 Å². The summed E-state index contributed by atoms with van der Waals surface area (Å²) in [6.07, 6.45) is 0.323. The van der Waals surface area contributed by atoms with Crippen molar-refractivity contribution < 1.29 is 14.0 Å². The van der Waals surface area contributed by atoms with Gasteiger partial charge in [-0.15, -0.1) is 0 Å². The molecule has 1 aliphatic rings. The molecular weight excluding hydrogens is 497 g/mol. The molecule has 0 saturated carbocycles. The Kier molecular flexibility index (Phi) is 7.15. The number of nitrogens with one attached hydrogen (secondary N) is 2. The lowest BCUT2D eigenvalue weighted by atomic mass is 10.0. The number of benzene rings is 3. The first-order valence-corrected chi connectivity index (χ1v) is 12.9. The van der Waals surface area contributed by atoms with E-state index in [1.165, 1.54) is 6.07 Å². The van der Waals surface area contributed by atoms with Crippen LogP contribution in [0.4, 0.5) is 10.1 Å². The third-order valence-electron chi connectivity index (χ3n) is 7.03. The quantitative estimate of drug-likeness (QED) is 0.397. The summed E-state index contributed by atoms with van der Waals surface area (Å²) in [7, 11) is 0. The summed E-state index contributed by atoms with van der Waals surface area (Å²) in [5.74, 6) is -1.08. The van der Waals surface area contributed by atoms with Crippen molar-refractivity contribution in [3.63, 3.8) is 0 Å². The molecule has 2 heterocycles. The number of fused-ring (bicyclic) bond motifs is 1. The summed E-state index contributed by atoms with van der Waals surface area (Å²) in [4.78, 5) is 42.0. The number of para-hydroxylation sites is 1. The number of piperazine rings is 1. The number of aromatic amines is 1. The van der Waals surface area contributed by atoms with Crippen LogP contribution in [-0.2, 0) is 11.2 Å². The summed E-state index contributed by atoms with van der Waals surface area (Å²) in [6, 6.07) is 21.1. The monoisotopic (exact) mass is 527 g/mol. The summed E-state index contributed by atoms with van der Waals surface area (Å²) in [6.45, 7) is 5.00. The van der Waals surface area contributed by atoms with Crippen molar-refractivity contribution in [2.24, 2.45) is 0 Å². The van der Waals surface area contributed by atoms with Gasteiger partial charge < -0.3 is 15.1 Å². The van der Waals surface area contributed by atoms with Gasteiger partial charge in [0, 0.05) is 43.7 Å². The Morgan fingerprint density at radius 1 is 0.923 bits per heavy atom. The summed E-state index contributed by atoms with van der Waals surface area (Å²) in [5.41, 5.74) is 1.06. The van der Waals surface area contributed by atoms with Crippen molar-refractivity contribution in [3.8, 4) is 0 Å². The van der Waals surface area contributed by atoms with Gasteiger partial charge in [-0.1, -0.05) is 42.5 Å². The fourth-order valence-corrected chi connectivity index (χ4v) is 4.96. The van der Waals surface area contributed by atoms with Crippen LogP contribution in [-0.4, -0.2) is 63.5 Å². The number of amides is 2. The maximum absolute atomic E-state index is 14.8. The second-order valence-corrected chi connectivity index (χ2v) is 10.2. The van der Waals surface area contributed by atoms with Crippen LogP contribution in [0.15, 0.2) is 77.6 Å². The molecule has 200 valence electrons. The van der Waals surface area contributed by atoms with Gasteiger partial charge in [0.05, 0.1) is 16.6 Å². The molecule has 0 aliphatic carbocycles. The van der Waals surface area contributed by atoms with Gasteiger partial charge in [-0.05, 0) is 49.7 Å². The van der Waals surface area contributed by atoms with Crippen molar-refractivity contribution in [2.45, 2.75) is 25.8 Å². The van der Waals surface area contributed by atoms with E-state index >= 15 is 0 Å². The number of H-pyrrole nitrogens is 1. The Balaban J connectivity index is 1.27. The second-order valence-electron chi connectivity index (χ2n) is 10.2. The Morgan fingerprint density at radius 3 is 2.28 bits per heavy atom. The van der Waals surface area contributed by atoms with Crippen LogP contribution < -0.4 is 10.9 Å². The summed E-state index contributed by atoms with van der Waals surface area (Å²) >= 11 is 0. The van der Waals surface area contributed by atoms with E-state index < -0.39 is 17.3 Å². The van der Waals surface area contributed by atoms with Gasteiger partial charge in [-0.25, -0.2) is 9.49 Å². The minimum absolute atomic E-state index is 0.0212. The van der Waals surface area contributed by atoms with Crippen LogP contribution in [0.3, 0.4) is 0 Å². The van der Waals surface area contributed by atoms with Gasteiger partial charge in [0.25, 0.3) is 11.5 Å². The lowest BCUT2D eigenvalue weighted by Gasteiger charge is -2.39. The van der Waals surface area contributed by atoms with Crippen molar-refractivity contribution in [2.75, 3.05) is 31.5 Å². The lowest BCUT2D eigenvalue weighted by molar-refractivity contribution is -0.136. The molecule has 39 heavy (non-hydrogen) atoms. The van der Waals surface area contributed by atoms with E-state index in [2.05, 4.69) is 15.5 Å². The average molecular weight is 528 g/mol. The number of nitrogens with zero attached hydrogens (tertiary/aromatic N) is 3. The highest BCUT2D eigenvalue weighted by molar-refractivity contribution is 5.95. The van der Waals surface area contributed by atoms with Crippen molar-refractivity contribution >= 4 is 28.3 Å². The molecule has 2 amide bonds. The molecule has 0 atom stereocenters. The third kappa shape index (κ3) is 5.52. The number of carbonyl (C=O) groups is 2. The first kappa shape index (κ1) is 26.1. The van der Waals surface area contributed by atoms with E-state index in [9.17, 15) is 18.8 Å². The molecule has 5 rings (SSSR count). The topological polar surface area (TPSA) is 98.4 Å². The molecular formula is C30H30FN5O3. The van der Waals surface area contributed by atoms with Crippen LogP contribution in [0.2, 0.25) is 0 Å². The van der Waals surface area contributed by atoms with Gasteiger partial charge in [0.2, 0.25) is 5.91 Å². The van der Waals surface area contributed by atoms with Crippen LogP contribution >= 0.6 is 0 Å². The third-order valence-corrected chi connectivity index (χ3v) is 7.03. The SMILES string of the molecule is CC(C)(Nc1ccccc1)C(=O)N1CCN(C(=O)c2cc(Cc3n[nH]c(=O)c4ccccc34)ccc2F)CC1. The predicted molar refractivity (Wildman–Crippen MR) is 148 cm³/mol. The largest absolute Gasteiger partial charge is 0.372 e. The van der Waals surface area contributed by atoms with Gasteiger partial charge in [-0.2, -0.15) is 5.10 Å². The van der Waals surface area contributed by atoms with E-state index in [1.54, 1.807) is 34.1 Å². The number of rotatable bonds is 6. The first-order valence-electron chi connectivity index (χ1n) is 12.9. The van der Waals surface area contributed by atoms with Crippen LogP contribution in [0, 0.1) is 5.82 Å². The smallest absolute Gasteiger partial charge is 0.272 e. The maximum Gasteiger partial charge on any atom is 0.272 e. The molecule has 1 aliphatic heterocycles. The van der Waals surface area contributed by atoms with Gasteiger partial charge >= 0.3 is 0 Å². The molecule has 8 nitrogen and oxygen atoms in total. The van der Waals surface area contributed by atoms with Gasteiger partial charge in [0.1, 0.15) is 11.4 Å². The van der Waals surface area contributed by atoms with Gasteiger partial charge in [-0.3, -0.25) is 14.4 Å².